The second-order valence-electron chi connectivity index (χ2n) is 7.53. The van der Waals surface area contributed by atoms with Crippen molar-refractivity contribution in [1.82, 2.24) is 14.5 Å². The van der Waals surface area contributed by atoms with E-state index >= 15 is 0 Å². The quantitative estimate of drug-likeness (QED) is 0.552. The molecule has 33 heavy (non-hydrogen) atoms. The predicted octanol–water partition coefficient (Wildman–Crippen LogP) is 2.79. The lowest BCUT2D eigenvalue weighted by Gasteiger charge is -2.16. The van der Waals surface area contributed by atoms with Crippen molar-refractivity contribution >= 4 is 35.1 Å². The molecule has 0 unspecified atom stereocenters. The van der Waals surface area contributed by atoms with E-state index in [1.54, 1.807) is 44.3 Å². The van der Waals surface area contributed by atoms with Crippen molar-refractivity contribution in [2.45, 2.75) is 19.4 Å². The Bertz CT molecular complexity index is 1340. The number of benzene rings is 2. The standard InChI is InChI=1S/C23H21Cl2N3O5/c1-12-18(21(30)28(3)23(33)27(12)2)14-9-7-13(8-10-14)11-17(22(31)32)26-20(29)19-15(24)5-4-6-16(19)25/h4-10,17H,11H2,1-3H3,(H,26,29)(H,31,32)/t17-/m0/s1. The first-order valence-corrected chi connectivity index (χ1v) is 10.6. The minimum Gasteiger partial charge on any atom is -0.480 e. The Morgan fingerprint density at radius 3 is 2.12 bits per heavy atom. The molecular formula is C23H21Cl2N3O5. The average Bonchev–Trinajstić information content (AvgIpc) is 2.77. The summed E-state index contributed by atoms with van der Waals surface area (Å²) in [6.07, 6.45) is -0.00626. The Morgan fingerprint density at radius 1 is 1.00 bits per heavy atom. The number of amides is 1. The lowest BCUT2D eigenvalue weighted by Crippen LogP contribution is -2.42. The monoisotopic (exact) mass is 489 g/mol. The second kappa shape index (κ2) is 9.64. The van der Waals surface area contributed by atoms with Crippen LogP contribution in [0.15, 0.2) is 52.1 Å². The number of carboxylic acid groups (broad SMARTS) is 1. The van der Waals surface area contributed by atoms with E-state index in [-0.39, 0.29) is 22.0 Å². The van der Waals surface area contributed by atoms with Crippen molar-refractivity contribution in [3.05, 3.63) is 90.2 Å². The van der Waals surface area contributed by atoms with Crippen molar-refractivity contribution in [1.29, 1.82) is 0 Å². The van der Waals surface area contributed by atoms with Crippen LogP contribution in [-0.4, -0.2) is 32.2 Å². The van der Waals surface area contributed by atoms with Crippen LogP contribution in [0.1, 0.15) is 21.6 Å². The van der Waals surface area contributed by atoms with Crippen LogP contribution < -0.4 is 16.6 Å². The molecule has 1 amide bonds. The maximum absolute atomic E-state index is 12.6. The van der Waals surface area contributed by atoms with Gasteiger partial charge in [-0.3, -0.25) is 14.2 Å². The number of nitrogens with one attached hydrogen (secondary N) is 1. The number of nitrogens with zero attached hydrogens (tertiary/aromatic N) is 2. The van der Waals surface area contributed by atoms with Gasteiger partial charge in [-0.15, -0.1) is 0 Å². The van der Waals surface area contributed by atoms with Gasteiger partial charge in [0.15, 0.2) is 0 Å². The first kappa shape index (κ1) is 24.3. The highest BCUT2D eigenvalue weighted by Gasteiger charge is 2.24. The second-order valence-corrected chi connectivity index (χ2v) is 8.34. The number of aromatic nitrogens is 2. The van der Waals surface area contributed by atoms with E-state index in [0.717, 1.165) is 4.57 Å². The molecule has 2 aromatic carbocycles. The van der Waals surface area contributed by atoms with Gasteiger partial charge < -0.3 is 15.0 Å². The molecule has 10 heteroatoms. The lowest BCUT2D eigenvalue weighted by atomic mass is 10.00. The van der Waals surface area contributed by atoms with Gasteiger partial charge in [0.1, 0.15) is 6.04 Å². The van der Waals surface area contributed by atoms with Crippen molar-refractivity contribution in [2.75, 3.05) is 0 Å². The fraction of sp³-hybridized carbons (Fsp3) is 0.217. The van der Waals surface area contributed by atoms with Crippen LogP contribution in [0.4, 0.5) is 0 Å². The Kier molecular flexibility index (Phi) is 7.09. The van der Waals surface area contributed by atoms with Crippen LogP contribution in [0.5, 0.6) is 0 Å². The van der Waals surface area contributed by atoms with Crippen LogP contribution in [0.2, 0.25) is 10.0 Å². The number of rotatable bonds is 6. The molecular weight excluding hydrogens is 469 g/mol. The average molecular weight is 490 g/mol. The van der Waals surface area contributed by atoms with Gasteiger partial charge in [-0.05, 0) is 30.2 Å². The van der Waals surface area contributed by atoms with Gasteiger partial charge in [-0.1, -0.05) is 53.5 Å². The molecule has 1 atom stereocenters. The molecule has 2 N–H and O–H groups in total. The van der Waals surface area contributed by atoms with E-state index in [1.165, 1.54) is 23.7 Å². The smallest absolute Gasteiger partial charge is 0.330 e. The van der Waals surface area contributed by atoms with Gasteiger partial charge in [0, 0.05) is 26.2 Å². The molecule has 1 heterocycles. The summed E-state index contributed by atoms with van der Waals surface area (Å²) in [4.78, 5) is 49.1. The molecule has 3 aromatic rings. The third kappa shape index (κ3) is 4.86. The summed E-state index contributed by atoms with van der Waals surface area (Å²) in [6.45, 7) is 1.68. The van der Waals surface area contributed by atoms with Crippen LogP contribution in [-0.2, 0) is 25.3 Å². The molecule has 0 aliphatic heterocycles. The first-order valence-electron chi connectivity index (χ1n) is 9.86. The number of carboxylic acids is 1. The molecule has 0 bridgehead atoms. The van der Waals surface area contributed by atoms with Crippen molar-refractivity contribution in [3.63, 3.8) is 0 Å². The minimum absolute atomic E-state index is 0.00319. The van der Waals surface area contributed by atoms with Gasteiger partial charge in [0.05, 0.1) is 21.2 Å². The van der Waals surface area contributed by atoms with E-state index in [9.17, 15) is 24.3 Å². The molecule has 0 fully saturated rings. The number of hydrogen-bond acceptors (Lipinski definition) is 4. The zero-order valence-electron chi connectivity index (χ0n) is 18.1. The normalized spacial score (nSPS) is 11.8. The Morgan fingerprint density at radius 2 is 1.58 bits per heavy atom. The third-order valence-corrected chi connectivity index (χ3v) is 6.06. The summed E-state index contributed by atoms with van der Waals surface area (Å²) in [6, 6.07) is 10.0. The summed E-state index contributed by atoms with van der Waals surface area (Å²) in [5, 5.41) is 12.3. The van der Waals surface area contributed by atoms with Crippen LogP contribution in [0.25, 0.3) is 11.1 Å². The fourth-order valence-corrected chi connectivity index (χ4v) is 4.04. The maximum Gasteiger partial charge on any atom is 0.330 e. The van der Waals surface area contributed by atoms with E-state index in [4.69, 9.17) is 23.2 Å². The van der Waals surface area contributed by atoms with Crippen LogP contribution in [0, 0.1) is 6.92 Å². The molecule has 0 aliphatic rings. The molecule has 0 spiro atoms. The zero-order chi connectivity index (χ0) is 24.4. The van der Waals surface area contributed by atoms with Gasteiger partial charge in [-0.25, -0.2) is 9.59 Å². The Labute approximate surface area is 199 Å². The highest BCUT2D eigenvalue weighted by molar-refractivity contribution is 6.39. The van der Waals surface area contributed by atoms with Gasteiger partial charge in [-0.2, -0.15) is 0 Å². The highest BCUT2D eigenvalue weighted by atomic mass is 35.5. The van der Waals surface area contributed by atoms with Crippen LogP contribution >= 0.6 is 23.2 Å². The SMILES string of the molecule is Cc1c(-c2ccc(C[C@H](NC(=O)c3c(Cl)cccc3Cl)C(=O)O)cc2)c(=O)n(C)c(=O)n1C. The summed E-state index contributed by atoms with van der Waals surface area (Å²) in [7, 11) is 2.99. The van der Waals surface area contributed by atoms with Crippen LogP contribution in [0.3, 0.4) is 0 Å². The number of halogens is 2. The minimum atomic E-state index is -1.23. The van der Waals surface area contributed by atoms with Gasteiger partial charge in [0.25, 0.3) is 11.5 Å². The number of hydrogen-bond donors (Lipinski definition) is 2. The molecule has 172 valence electrons. The predicted molar refractivity (Wildman–Crippen MR) is 126 cm³/mol. The summed E-state index contributed by atoms with van der Waals surface area (Å²) in [5.74, 6) is -1.92. The highest BCUT2D eigenvalue weighted by Crippen LogP contribution is 2.24. The Hall–Kier alpha value is -3.36. The molecule has 1 aromatic heterocycles. The van der Waals surface area contributed by atoms with Crippen molar-refractivity contribution in [2.24, 2.45) is 14.1 Å². The van der Waals surface area contributed by atoms with E-state index in [2.05, 4.69) is 5.32 Å². The molecule has 3 rings (SSSR count). The summed E-state index contributed by atoms with van der Waals surface area (Å²) < 4.78 is 2.42. The number of carbonyl (C=O) groups excluding carboxylic acids is 1. The third-order valence-electron chi connectivity index (χ3n) is 5.43. The number of aliphatic carboxylic acids is 1. The molecule has 0 saturated heterocycles. The summed E-state index contributed by atoms with van der Waals surface area (Å²) >= 11 is 12.1. The zero-order valence-corrected chi connectivity index (χ0v) is 19.6. The topological polar surface area (TPSA) is 110 Å². The van der Waals surface area contributed by atoms with Gasteiger partial charge >= 0.3 is 11.7 Å². The first-order chi connectivity index (χ1) is 15.5. The lowest BCUT2D eigenvalue weighted by molar-refractivity contribution is -0.139. The number of carbonyl (C=O) groups is 2. The maximum atomic E-state index is 12.6. The van der Waals surface area contributed by atoms with Gasteiger partial charge in [0.2, 0.25) is 0 Å². The van der Waals surface area contributed by atoms with E-state index < -0.39 is 29.2 Å². The molecule has 8 nitrogen and oxygen atoms in total. The molecule has 0 radical (unpaired) electrons. The van der Waals surface area contributed by atoms with Crippen molar-refractivity contribution in [3.8, 4) is 11.1 Å². The summed E-state index contributed by atoms with van der Waals surface area (Å²) in [5.41, 5.74) is 1.27. The van der Waals surface area contributed by atoms with E-state index in [1.807, 2.05) is 0 Å². The van der Waals surface area contributed by atoms with E-state index in [0.29, 0.717) is 22.4 Å². The largest absolute Gasteiger partial charge is 0.480 e. The Balaban J connectivity index is 1.87. The molecule has 0 aliphatic carbocycles. The van der Waals surface area contributed by atoms with Crippen molar-refractivity contribution < 1.29 is 14.7 Å². The fourth-order valence-electron chi connectivity index (χ4n) is 3.47. The molecule has 0 saturated carbocycles.